The van der Waals surface area contributed by atoms with E-state index in [-0.39, 0.29) is 35.9 Å². The molecule has 1 radical (unpaired) electrons. The molecule has 0 saturated heterocycles. The fraction of sp³-hybridized carbons (Fsp3) is 0.143. The molecule has 0 nitrogen and oxygen atoms in total. The molecule has 0 N–H and O–H groups in total. The summed E-state index contributed by atoms with van der Waals surface area (Å²) in [5, 5.41) is 0. The fourth-order valence-corrected chi connectivity index (χ4v) is 0.470. The SMILES string of the molecule is Cc1cc[c-]cc1.[Cu].[Li+]. The zero-order valence-electron chi connectivity index (χ0n) is 5.61. The van der Waals surface area contributed by atoms with Crippen molar-refractivity contribution in [1.29, 1.82) is 0 Å². The summed E-state index contributed by atoms with van der Waals surface area (Å²) in [5.74, 6) is 0. The van der Waals surface area contributed by atoms with Crippen molar-refractivity contribution in [3.05, 3.63) is 35.9 Å². The fourth-order valence-electron chi connectivity index (χ4n) is 0.470. The molecule has 1 aromatic carbocycles. The first-order valence-corrected chi connectivity index (χ1v) is 2.32. The molecule has 0 bridgehead atoms. The van der Waals surface area contributed by atoms with Crippen LogP contribution in [-0.2, 0) is 17.1 Å². The zero-order valence-corrected chi connectivity index (χ0v) is 6.55. The van der Waals surface area contributed by atoms with Gasteiger partial charge in [-0.15, -0.1) is 0 Å². The topological polar surface area (TPSA) is 0 Å². The molecule has 0 unspecified atom stereocenters. The maximum absolute atomic E-state index is 2.93. The third kappa shape index (κ3) is 4.82. The van der Waals surface area contributed by atoms with Crippen LogP contribution in [0.3, 0.4) is 0 Å². The molecular formula is C7H7CuLi. The van der Waals surface area contributed by atoms with Crippen LogP contribution in [-0.4, -0.2) is 0 Å². The van der Waals surface area contributed by atoms with E-state index in [0.717, 1.165) is 0 Å². The first-order chi connectivity index (χ1) is 3.39. The van der Waals surface area contributed by atoms with Crippen LogP contribution >= 0.6 is 0 Å². The van der Waals surface area contributed by atoms with Gasteiger partial charge in [0, 0.05) is 17.1 Å². The van der Waals surface area contributed by atoms with E-state index in [1.54, 1.807) is 0 Å². The van der Waals surface area contributed by atoms with Gasteiger partial charge in [0.15, 0.2) is 0 Å². The summed E-state index contributed by atoms with van der Waals surface area (Å²) >= 11 is 0. The van der Waals surface area contributed by atoms with Crippen molar-refractivity contribution >= 4 is 0 Å². The second-order valence-corrected chi connectivity index (χ2v) is 1.58. The minimum atomic E-state index is 0. The molecule has 0 aliphatic rings. The van der Waals surface area contributed by atoms with Crippen LogP contribution in [0.2, 0.25) is 0 Å². The van der Waals surface area contributed by atoms with E-state index >= 15 is 0 Å². The summed E-state index contributed by atoms with van der Waals surface area (Å²) in [6.45, 7) is 2.06. The van der Waals surface area contributed by atoms with Gasteiger partial charge in [-0.1, -0.05) is 6.92 Å². The van der Waals surface area contributed by atoms with Gasteiger partial charge >= 0.3 is 18.9 Å². The van der Waals surface area contributed by atoms with E-state index in [9.17, 15) is 0 Å². The largest absolute Gasteiger partial charge is 1.00 e. The molecule has 47 valence electrons. The second kappa shape index (κ2) is 6.46. The Morgan fingerprint density at radius 2 is 1.67 bits per heavy atom. The van der Waals surface area contributed by atoms with Crippen molar-refractivity contribution in [1.82, 2.24) is 0 Å². The summed E-state index contributed by atoms with van der Waals surface area (Å²) in [4.78, 5) is 0. The molecule has 0 aliphatic heterocycles. The molecule has 0 heterocycles. The van der Waals surface area contributed by atoms with E-state index in [1.807, 2.05) is 24.3 Å². The van der Waals surface area contributed by atoms with Gasteiger partial charge in [0.2, 0.25) is 0 Å². The Balaban J connectivity index is 0. The molecule has 0 aromatic heterocycles. The minimum Gasteiger partial charge on any atom is -0.184 e. The van der Waals surface area contributed by atoms with E-state index < -0.39 is 0 Å². The Hall–Kier alpha value is 0.337. The van der Waals surface area contributed by atoms with Gasteiger partial charge in [-0.2, -0.15) is 35.9 Å². The van der Waals surface area contributed by atoms with Gasteiger partial charge in [0.25, 0.3) is 0 Å². The standard InChI is InChI=1S/C7H7.Cu.Li/c1-7-5-3-2-4-6-7;;/h3-6H,1H3;;/q-1;;+1. The molecule has 1 aromatic rings. The van der Waals surface area contributed by atoms with Gasteiger partial charge in [-0.3, -0.25) is 0 Å². The average Bonchev–Trinajstić information content (AvgIpc) is 1.69. The van der Waals surface area contributed by atoms with Crippen molar-refractivity contribution < 1.29 is 35.9 Å². The Labute approximate surface area is 78.7 Å². The predicted octanol–water partition coefficient (Wildman–Crippen LogP) is -1.20. The van der Waals surface area contributed by atoms with E-state index in [0.29, 0.717) is 0 Å². The van der Waals surface area contributed by atoms with Crippen LogP contribution in [0.1, 0.15) is 5.56 Å². The van der Waals surface area contributed by atoms with Gasteiger partial charge in [0.1, 0.15) is 0 Å². The third-order valence-corrected chi connectivity index (χ3v) is 0.885. The molecule has 0 aliphatic carbocycles. The quantitative estimate of drug-likeness (QED) is 0.331. The molecule has 0 spiro atoms. The number of hydrogen-bond donors (Lipinski definition) is 0. The zero-order chi connectivity index (χ0) is 5.11. The van der Waals surface area contributed by atoms with Crippen LogP contribution in [0, 0.1) is 13.0 Å². The second-order valence-electron chi connectivity index (χ2n) is 1.58. The van der Waals surface area contributed by atoms with Crippen molar-refractivity contribution in [2.75, 3.05) is 0 Å². The smallest absolute Gasteiger partial charge is 0.184 e. The molecule has 0 saturated carbocycles. The van der Waals surface area contributed by atoms with Crippen molar-refractivity contribution in [2.45, 2.75) is 6.92 Å². The molecule has 9 heavy (non-hydrogen) atoms. The van der Waals surface area contributed by atoms with Crippen LogP contribution < -0.4 is 18.9 Å². The summed E-state index contributed by atoms with van der Waals surface area (Å²) in [5.41, 5.74) is 1.29. The summed E-state index contributed by atoms with van der Waals surface area (Å²) < 4.78 is 0. The Kier molecular flexibility index (Phi) is 8.65. The number of rotatable bonds is 0. The number of hydrogen-bond acceptors (Lipinski definition) is 0. The number of benzene rings is 1. The van der Waals surface area contributed by atoms with Gasteiger partial charge in [-0.25, -0.2) is 0 Å². The Morgan fingerprint density at radius 1 is 1.22 bits per heavy atom. The normalized spacial score (nSPS) is 6.78. The summed E-state index contributed by atoms with van der Waals surface area (Å²) in [6.07, 6.45) is 0. The van der Waals surface area contributed by atoms with E-state index in [4.69, 9.17) is 0 Å². The van der Waals surface area contributed by atoms with E-state index in [1.165, 1.54) is 5.56 Å². The molecule has 0 fully saturated rings. The predicted molar refractivity (Wildman–Crippen MR) is 30.0 cm³/mol. The Morgan fingerprint density at radius 3 is 1.89 bits per heavy atom. The van der Waals surface area contributed by atoms with Crippen LogP contribution in [0.5, 0.6) is 0 Å². The molecule has 1 rings (SSSR count). The number of aryl methyl sites for hydroxylation is 1. The Bertz CT molecular complexity index is 139. The molecular weight excluding hydrogens is 155 g/mol. The van der Waals surface area contributed by atoms with Gasteiger partial charge in [0.05, 0.1) is 0 Å². The summed E-state index contributed by atoms with van der Waals surface area (Å²) in [7, 11) is 0. The minimum absolute atomic E-state index is 0. The van der Waals surface area contributed by atoms with Crippen LogP contribution in [0.4, 0.5) is 0 Å². The van der Waals surface area contributed by atoms with Crippen LogP contribution in [0.15, 0.2) is 24.3 Å². The van der Waals surface area contributed by atoms with Crippen molar-refractivity contribution in [3.63, 3.8) is 0 Å². The summed E-state index contributed by atoms with van der Waals surface area (Å²) in [6, 6.07) is 10.8. The average molecular weight is 162 g/mol. The monoisotopic (exact) mass is 161 g/mol. The van der Waals surface area contributed by atoms with Crippen molar-refractivity contribution in [2.24, 2.45) is 0 Å². The molecule has 2 heteroatoms. The maximum Gasteiger partial charge on any atom is 1.00 e. The van der Waals surface area contributed by atoms with Crippen LogP contribution in [0.25, 0.3) is 0 Å². The van der Waals surface area contributed by atoms with E-state index in [2.05, 4.69) is 13.0 Å². The third-order valence-electron chi connectivity index (χ3n) is 0.885. The molecule has 0 atom stereocenters. The molecule has 0 amide bonds. The first-order valence-electron chi connectivity index (χ1n) is 2.32. The van der Waals surface area contributed by atoms with Crippen molar-refractivity contribution in [3.8, 4) is 0 Å². The van der Waals surface area contributed by atoms with Gasteiger partial charge in [-0.05, 0) is 0 Å². The van der Waals surface area contributed by atoms with Gasteiger partial charge < -0.3 is 0 Å². The first kappa shape index (κ1) is 12.1. The maximum atomic E-state index is 2.93.